The third kappa shape index (κ3) is 4.48. The summed E-state index contributed by atoms with van der Waals surface area (Å²) in [6.07, 6.45) is 4.74. The Bertz CT molecular complexity index is 1210. The highest BCUT2D eigenvalue weighted by Crippen LogP contribution is 2.36. The van der Waals surface area contributed by atoms with Crippen molar-refractivity contribution in [3.05, 3.63) is 76.7 Å². The van der Waals surface area contributed by atoms with Crippen LogP contribution in [0.2, 0.25) is 10.0 Å². The molecule has 0 amide bonds. The Balaban J connectivity index is 1.55. The molecule has 1 fully saturated rings. The van der Waals surface area contributed by atoms with Gasteiger partial charge < -0.3 is 9.72 Å². The van der Waals surface area contributed by atoms with Crippen LogP contribution in [-0.4, -0.2) is 47.7 Å². The predicted molar refractivity (Wildman–Crippen MR) is 128 cm³/mol. The third-order valence-electron chi connectivity index (χ3n) is 5.80. The Labute approximate surface area is 191 Å². The first kappa shape index (κ1) is 20.5. The van der Waals surface area contributed by atoms with Gasteiger partial charge in [-0.05, 0) is 35.9 Å². The van der Waals surface area contributed by atoms with E-state index in [2.05, 4.69) is 33.1 Å². The number of ether oxygens (including phenoxy) is 1. The SMILES string of the molecule is Clc1cccc(-c2cncc(-c3c(CCN4CCOCC4)[nH]c4cc(Cl)ccc34)c2)c1. The molecule has 0 aliphatic carbocycles. The minimum Gasteiger partial charge on any atom is -0.379 e. The van der Waals surface area contributed by atoms with E-state index in [0.29, 0.717) is 0 Å². The fourth-order valence-corrected chi connectivity index (χ4v) is 4.60. The van der Waals surface area contributed by atoms with Gasteiger partial charge in [0.25, 0.3) is 0 Å². The summed E-state index contributed by atoms with van der Waals surface area (Å²) >= 11 is 12.5. The van der Waals surface area contributed by atoms with Gasteiger partial charge in [-0.25, -0.2) is 0 Å². The molecule has 31 heavy (non-hydrogen) atoms. The predicted octanol–water partition coefficient (Wildman–Crippen LogP) is 6.08. The molecule has 2 aromatic carbocycles. The molecule has 1 aliphatic rings. The average Bonchev–Trinajstić information content (AvgIpc) is 3.16. The van der Waals surface area contributed by atoms with Crippen LogP contribution in [0, 0.1) is 0 Å². The van der Waals surface area contributed by atoms with Crippen molar-refractivity contribution in [3.8, 4) is 22.3 Å². The lowest BCUT2D eigenvalue weighted by molar-refractivity contribution is 0.0384. The molecule has 2 aromatic heterocycles. The van der Waals surface area contributed by atoms with E-state index in [0.717, 1.165) is 76.9 Å². The van der Waals surface area contributed by atoms with E-state index in [1.54, 1.807) is 0 Å². The largest absolute Gasteiger partial charge is 0.379 e. The van der Waals surface area contributed by atoms with Crippen LogP contribution in [0.5, 0.6) is 0 Å². The lowest BCUT2D eigenvalue weighted by Gasteiger charge is -2.26. The standard InChI is InChI=1S/C25H23Cl2N3O/c26-20-3-1-2-17(13-20)18-12-19(16-28-15-18)25-22-5-4-21(27)14-24(22)29-23(25)6-7-30-8-10-31-11-9-30/h1-5,12-16,29H,6-11H2. The first-order valence-corrected chi connectivity index (χ1v) is 11.2. The normalized spacial score (nSPS) is 14.9. The number of hydrogen-bond donors (Lipinski definition) is 1. The molecule has 3 heterocycles. The van der Waals surface area contributed by atoms with Crippen LogP contribution in [0.25, 0.3) is 33.2 Å². The second kappa shape index (κ2) is 9.01. The number of H-pyrrole nitrogens is 1. The maximum absolute atomic E-state index is 6.28. The summed E-state index contributed by atoms with van der Waals surface area (Å²) in [5, 5.41) is 2.60. The Morgan fingerprint density at radius 1 is 0.903 bits per heavy atom. The molecule has 4 aromatic rings. The average molecular weight is 452 g/mol. The number of benzene rings is 2. The van der Waals surface area contributed by atoms with E-state index in [4.69, 9.17) is 27.9 Å². The van der Waals surface area contributed by atoms with Crippen LogP contribution in [-0.2, 0) is 11.2 Å². The topological polar surface area (TPSA) is 41.2 Å². The summed E-state index contributed by atoms with van der Waals surface area (Å²) < 4.78 is 5.49. The van der Waals surface area contributed by atoms with Crippen LogP contribution < -0.4 is 0 Å². The number of rotatable bonds is 5. The van der Waals surface area contributed by atoms with Crippen LogP contribution >= 0.6 is 23.2 Å². The fourth-order valence-electron chi connectivity index (χ4n) is 4.24. The highest BCUT2D eigenvalue weighted by atomic mass is 35.5. The highest BCUT2D eigenvalue weighted by Gasteiger charge is 2.17. The van der Waals surface area contributed by atoms with Crippen molar-refractivity contribution >= 4 is 34.1 Å². The van der Waals surface area contributed by atoms with Crippen molar-refractivity contribution in [2.75, 3.05) is 32.8 Å². The highest BCUT2D eigenvalue weighted by molar-refractivity contribution is 6.31. The molecule has 4 nitrogen and oxygen atoms in total. The molecule has 0 saturated carbocycles. The van der Waals surface area contributed by atoms with Crippen molar-refractivity contribution in [1.82, 2.24) is 14.9 Å². The first-order valence-electron chi connectivity index (χ1n) is 10.5. The van der Waals surface area contributed by atoms with Gasteiger partial charge in [-0.3, -0.25) is 9.88 Å². The number of aromatic nitrogens is 2. The molecule has 5 rings (SSSR count). The van der Waals surface area contributed by atoms with Crippen molar-refractivity contribution in [2.24, 2.45) is 0 Å². The minimum absolute atomic E-state index is 0.718. The molecule has 1 aliphatic heterocycles. The number of nitrogens with zero attached hydrogens (tertiary/aromatic N) is 2. The Hall–Kier alpha value is -2.37. The van der Waals surface area contributed by atoms with E-state index in [-0.39, 0.29) is 0 Å². The molecule has 0 bridgehead atoms. The minimum atomic E-state index is 0.718. The monoisotopic (exact) mass is 451 g/mol. The number of nitrogens with one attached hydrogen (secondary N) is 1. The van der Waals surface area contributed by atoms with Crippen molar-refractivity contribution in [2.45, 2.75) is 6.42 Å². The molecule has 0 radical (unpaired) electrons. The van der Waals surface area contributed by atoms with Gasteiger partial charge >= 0.3 is 0 Å². The molecule has 158 valence electrons. The van der Waals surface area contributed by atoms with Gasteiger partial charge in [0.15, 0.2) is 0 Å². The summed E-state index contributed by atoms with van der Waals surface area (Å²) in [6, 6.07) is 16.1. The number of pyridine rings is 1. The van der Waals surface area contributed by atoms with E-state index in [1.165, 1.54) is 11.3 Å². The lowest BCUT2D eigenvalue weighted by Crippen LogP contribution is -2.37. The number of morpholine rings is 1. The van der Waals surface area contributed by atoms with E-state index >= 15 is 0 Å². The van der Waals surface area contributed by atoms with E-state index in [1.807, 2.05) is 42.7 Å². The van der Waals surface area contributed by atoms with E-state index in [9.17, 15) is 0 Å². The fraction of sp³-hybridized carbons (Fsp3) is 0.240. The van der Waals surface area contributed by atoms with Gasteiger partial charge in [-0.1, -0.05) is 41.4 Å². The Kier molecular flexibility index (Phi) is 5.97. The summed E-state index contributed by atoms with van der Waals surface area (Å²) in [4.78, 5) is 10.6. The summed E-state index contributed by atoms with van der Waals surface area (Å²) in [7, 11) is 0. The lowest BCUT2D eigenvalue weighted by atomic mass is 9.98. The molecule has 0 spiro atoms. The van der Waals surface area contributed by atoms with Crippen molar-refractivity contribution < 1.29 is 4.74 Å². The zero-order valence-electron chi connectivity index (χ0n) is 17.1. The van der Waals surface area contributed by atoms with Gasteiger partial charge in [0, 0.05) is 81.8 Å². The van der Waals surface area contributed by atoms with Gasteiger partial charge in [-0.15, -0.1) is 0 Å². The van der Waals surface area contributed by atoms with Crippen LogP contribution in [0.4, 0.5) is 0 Å². The van der Waals surface area contributed by atoms with Gasteiger partial charge in [0.2, 0.25) is 0 Å². The van der Waals surface area contributed by atoms with Crippen molar-refractivity contribution in [1.29, 1.82) is 0 Å². The second-order valence-corrected chi connectivity index (χ2v) is 8.72. The molecule has 1 N–H and O–H groups in total. The smallest absolute Gasteiger partial charge is 0.0594 e. The van der Waals surface area contributed by atoms with Crippen molar-refractivity contribution in [3.63, 3.8) is 0 Å². The molecular formula is C25H23Cl2N3O. The van der Waals surface area contributed by atoms with Gasteiger partial charge in [-0.2, -0.15) is 0 Å². The zero-order chi connectivity index (χ0) is 21.2. The second-order valence-electron chi connectivity index (χ2n) is 7.85. The zero-order valence-corrected chi connectivity index (χ0v) is 18.6. The Morgan fingerprint density at radius 3 is 2.55 bits per heavy atom. The number of fused-ring (bicyclic) bond motifs is 1. The molecule has 0 unspecified atom stereocenters. The van der Waals surface area contributed by atoms with Crippen LogP contribution in [0.1, 0.15) is 5.69 Å². The molecule has 6 heteroatoms. The molecule has 1 saturated heterocycles. The van der Waals surface area contributed by atoms with Gasteiger partial charge in [0.1, 0.15) is 0 Å². The first-order chi connectivity index (χ1) is 15.2. The number of aromatic amines is 1. The summed E-state index contributed by atoms with van der Waals surface area (Å²) in [6.45, 7) is 4.56. The van der Waals surface area contributed by atoms with Crippen LogP contribution in [0.15, 0.2) is 60.9 Å². The summed E-state index contributed by atoms with van der Waals surface area (Å²) in [5.74, 6) is 0. The van der Waals surface area contributed by atoms with Gasteiger partial charge in [0.05, 0.1) is 13.2 Å². The third-order valence-corrected chi connectivity index (χ3v) is 6.28. The molecule has 0 atom stereocenters. The molecular weight excluding hydrogens is 429 g/mol. The summed E-state index contributed by atoms with van der Waals surface area (Å²) in [5.41, 5.74) is 6.63. The maximum atomic E-state index is 6.28. The quantitative estimate of drug-likeness (QED) is 0.399. The van der Waals surface area contributed by atoms with Crippen LogP contribution in [0.3, 0.4) is 0 Å². The number of hydrogen-bond acceptors (Lipinski definition) is 3. The maximum Gasteiger partial charge on any atom is 0.0594 e. The van der Waals surface area contributed by atoms with E-state index < -0.39 is 0 Å². The Morgan fingerprint density at radius 2 is 1.71 bits per heavy atom. The number of halogens is 2.